The predicted molar refractivity (Wildman–Crippen MR) is 89.0 cm³/mol. The van der Waals surface area contributed by atoms with Gasteiger partial charge in [0.2, 0.25) is 0 Å². The van der Waals surface area contributed by atoms with Gasteiger partial charge >= 0.3 is 32.3 Å². The van der Waals surface area contributed by atoms with Gasteiger partial charge in [-0.1, -0.05) is 0 Å². The Morgan fingerprint density at radius 2 is 0.821 bits per heavy atom. The van der Waals surface area contributed by atoms with Gasteiger partial charge in [-0.15, -0.1) is 20.2 Å². The van der Waals surface area contributed by atoms with Crippen LogP contribution in [0.1, 0.15) is 38.5 Å². The molecule has 3 rings (SSSR count). The summed E-state index contributed by atoms with van der Waals surface area (Å²) < 4.78 is 37.7. The summed E-state index contributed by atoms with van der Waals surface area (Å²) in [5.41, 5.74) is 0. The standard InChI is InChI=1S/C12H24N3OP.2HNO3.2O.U/c16-17(13-7-1-2-8-13,14-9-3-4-10-14)15-11-5-6-12-15;2*2-1(3)4;;;/h1-12H2;2*(H,2,3,4);;;. The Balaban J connectivity index is 0.000000555. The first kappa shape index (κ1) is 27.2. The average Bonchev–Trinajstić information content (AvgIpc) is 3.37. The maximum absolute atomic E-state index is 13.6. The summed E-state index contributed by atoms with van der Waals surface area (Å²) in [5, 5.41) is 27.3. The first-order valence-electron chi connectivity index (χ1n) is 8.72. The molecular formula is C12H26N5O9PU. The first-order chi connectivity index (χ1) is 13.2. The van der Waals surface area contributed by atoms with Crippen molar-refractivity contribution in [3.63, 3.8) is 0 Å². The molecule has 0 spiro atoms. The summed E-state index contributed by atoms with van der Waals surface area (Å²) >= 11 is -2.51. The van der Waals surface area contributed by atoms with E-state index in [4.69, 9.17) is 35.1 Å². The summed E-state index contributed by atoms with van der Waals surface area (Å²) in [4.78, 5) is 16.7. The van der Waals surface area contributed by atoms with Crippen molar-refractivity contribution in [1.82, 2.24) is 14.0 Å². The maximum atomic E-state index is 13.6. The van der Waals surface area contributed by atoms with Crippen molar-refractivity contribution in [3.05, 3.63) is 20.2 Å². The van der Waals surface area contributed by atoms with E-state index in [9.17, 15) is 4.57 Å². The van der Waals surface area contributed by atoms with Gasteiger partial charge in [0.05, 0.1) is 0 Å². The molecule has 0 bridgehead atoms. The van der Waals surface area contributed by atoms with Gasteiger partial charge in [0.1, 0.15) is 0 Å². The van der Waals surface area contributed by atoms with E-state index in [0.717, 1.165) is 39.3 Å². The topological polar surface area (TPSA) is 188 Å². The molecule has 0 aromatic rings. The van der Waals surface area contributed by atoms with E-state index in [0.29, 0.717) is 0 Å². The van der Waals surface area contributed by atoms with Gasteiger partial charge in [-0.3, -0.25) is 4.57 Å². The molecule has 0 aromatic heterocycles. The van der Waals surface area contributed by atoms with Crippen LogP contribution in [0.25, 0.3) is 0 Å². The average molecular weight is 653 g/mol. The molecule has 0 saturated carbocycles. The minimum absolute atomic E-state index is 1.05. The van der Waals surface area contributed by atoms with Crippen LogP contribution in [0, 0.1) is 48.0 Å². The molecule has 2 N–H and O–H groups in total. The van der Waals surface area contributed by atoms with E-state index in [1.807, 2.05) is 0 Å². The van der Waals surface area contributed by atoms with Crippen LogP contribution in [0.3, 0.4) is 0 Å². The summed E-state index contributed by atoms with van der Waals surface area (Å²) in [6.07, 6.45) is 7.37. The van der Waals surface area contributed by atoms with E-state index in [-0.39, 0.29) is 0 Å². The zero-order valence-electron chi connectivity index (χ0n) is 15.4. The van der Waals surface area contributed by atoms with Gasteiger partial charge in [0.25, 0.3) is 17.8 Å². The fraction of sp³-hybridized carbons (Fsp3) is 1.00. The normalized spacial score (nSPS) is 19.9. The second kappa shape index (κ2) is 15.1. The summed E-state index contributed by atoms with van der Waals surface area (Å²) in [6, 6.07) is 0. The van der Waals surface area contributed by atoms with Crippen molar-refractivity contribution in [2.75, 3.05) is 39.3 Å². The summed E-state index contributed by atoms with van der Waals surface area (Å²) in [6.45, 7) is 6.28. The van der Waals surface area contributed by atoms with Crippen molar-refractivity contribution >= 4 is 7.59 Å². The third-order valence-corrected chi connectivity index (χ3v) is 7.76. The Morgan fingerprint density at radius 3 is 0.964 bits per heavy atom. The van der Waals surface area contributed by atoms with Crippen molar-refractivity contribution in [2.24, 2.45) is 0 Å². The minimum atomic E-state index is -2.51. The van der Waals surface area contributed by atoms with E-state index < -0.39 is 45.6 Å². The van der Waals surface area contributed by atoms with Gasteiger partial charge < -0.3 is 10.4 Å². The van der Waals surface area contributed by atoms with Crippen LogP contribution in [0.15, 0.2) is 0 Å². The van der Waals surface area contributed by atoms with Crippen LogP contribution in [0.5, 0.6) is 0 Å². The second-order valence-corrected chi connectivity index (χ2v) is 9.47. The molecule has 0 atom stereocenters. The Labute approximate surface area is 176 Å². The monoisotopic (exact) mass is 653 g/mol. The summed E-state index contributed by atoms with van der Waals surface area (Å²) in [5.74, 6) is 0. The van der Waals surface area contributed by atoms with Gasteiger partial charge in [-0.25, -0.2) is 14.0 Å². The van der Waals surface area contributed by atoms with Crippen LogP contribution in [-0.4, -0.2) is 73.9 Å². The number of rotatable bonds is 3. The molecule has 0 unspecified atom stereocenters. The molecule has 3 aliphatic rings. The molecule has 3 heterocycles. The summed E-state index contributed by atoms with van der Waals surface area (Å²) in [7, 11) is -2.36. The number of nitrogens with zero attached hydrogens (tertiary/aromatic N) is 5. The zero-order valence-corrected chi connectivity index (χ0v) is 20.5. The van der Waals surface area contributed by atoms with Crippen molar-refractivity contribution < 1.29 is 57.4 Å². The van der Waals surface area contributed by atoms with Gasteiger partial charge in [-0.05, 0) is 38.5 Å². The molecule has 3 fully saturated rings. The van der Waals surface area contributed by atoms with Crippen molar-refractivity contribution in [3.8, 4) is 0 Å². The molecule has 0 amide bonds. The van der Waals surface area contributed by atoms with Crippen LogP contribution in [-0.2, 0) is 9.04 Å². The van der Waals surface area contributed by atoms with Gasteiger partial charge in [0, 0.05) is 39.3 Å². The first-order valence-corrected chi connectivity index (χ1v) is 13.7. The third-order valence-electron chi connectivity index (χ3n) is 4.35. The van der Waals surface area contributed by atoms with Crippen molar-refractivity contribution in [1.29, 1.82) is 0 Å². The fourth-order valence-corrected chi connectivity index (χ4v) is 6.90. The SMILES string of the molecule is O=P(N1CCCC1)(N1CCCC1)N1CCCC1.O=[N+]([O-])O.O=[N+]([O-])O.[O]=[U]=[O]. The second-order valence-electron chi connectivity index (χ2n) is 6.05. The fourth-order valence-electron chi connectivity index (χ4n) is 3.42. The Bertz CT molecular complexity index is 492. The quantitative estimate of drug-likeness (QED) is 0.254. The molecule has 3 saturated heterocycles. The molecule has 0 aliphatic carbocycles. The molecular weight excluding hydrogens is 627 g/mol. The zero-order chi connectivity index (χ0) is 21.6. The molecule has 0 aromatic carbocycles. The third kappa shape index (κ3) is 10.1. The van der Waals surface area contributed by atoms with Crippen LogP contribution < -0.4 is 0 Å². The molecule has 3 aliphatic heterocycles. The Kier molecular flexibility index (Phi) is 14.6. The van der Waals surface area contributed by atoms with Gasteiger partial charge in [-0.2, -0.15) is 0 Å². The molecule has 162 valence electrons. The van der Waals surface area contributed by atoms with E-state index in [1.165, 1.54) is 38.5 Å². The molecule has 0 radical (unpaired) electrons. The van der Waals surface area contributed by atoms with E-state index >= 15 is 0 Å². The number of hydrogen-bond donors (Lipinski definition) is 2. The predicted octanol–water partition coefficient (Wildman–Crippen LogP) is 1.45. The van der Waals surface area contributed by atoms with Crippen LogP contribution in [0.4, 0.5) is 0 Å². The van der Waals surface area contributed by atoms with Crippen LogP contribution in [0.2, 0.25) is 0 Å². The Morgan fingerprint density at radius 1 is 0.679 bits per heavy atom. The molecule has 16 heteroatoms. The molecule has 28 heavy (non-hydrogen) atoms. The number of hydrogen-bond acceptors (Lipinski definition) is 7. The van der Waals surface area contributed by atoms with E-state index in [1.54, 1.807) is 0 Å². The molecule has 14 nitrogen and oxygen atoms in total. The van der Waals surface area contributed by atoms with Gasteiger partial charge in [0.15, 0.2) is 0 Å². The van der Waals surface area contributed by atoms with Crippen molar-refractivity contribution in [2.45, 2.75) is 38.5 Å². The van der Waals surface area contributed by atoms with Crippen LogP contribution >= 0.6 is 7.59 Å². The van der Waals surface area contributed by atoms with E-state index in [2.05, 4.69) is 14.0 Å². The Hall–Kier alpha value is -0.838.